The molecular formula is C9H11N5O2. The van der Waals surface area contributed by atoms with E-state index in [0.717, 1.165) is 6.42 Å². The molecule has 0 fully saturated rings. The number of hydrogen-bond donors (Lipinski definition) is 2. The lowest BCUT2D eigenvalue weighted by Gasteiger charge is -2.04. The zero-order valence-corrected chi connectivity index (χ0v) is 8.73. The second kappa shape index (κ2) is 4.67. The van der Waals surface area contributed by atoms with Crippen LogP contribution in [0.3, 0.4) is 0 Å². The fourth-order valence-corrected chi connectivity index (χ4v) is 1.14. The quantitative estimate of drug-likeness (QED) is 0.575. The van der Waals surface area contributed by atoms with Gasteiger partial charge in [0.15, 0.2) is 11.2 Å². The molecule has 0 aromatic carbocycles. The summed E-state index contributed by atoms with van der Waals surface area (Å²) in [5, 5.41) is 0. The Labute approximate surface area is 90.9 Å². The topological polar surface area (TPSA) is 92.8 Å². The first-order valence-corrected chi connectivity index (χ1v) is 4.90. The van der Waals surface area contributed by atoms with Crippen LogP contribution in [0.4, 0.5) is 5.95 Å². The SMILES string of the molecule is CCCONc1nc2nccnc2c(=O)[nH]1. The summed E-state index contributed by atoms with van der Waals surface area (Å²) in [5.74, 6) is 0.228. The number of H-pyrrole nitrogens is 1. The second-order valence-electron chi connectivity index (χ2n) is 3.09. The van der Waals surface area contributed by atoms with E-state index in [1.165, 1.54) is 12.4 Å². The lowest BCUT2D eigenvalue weighted by atomic mass is 10.5. The molecule has 2 N–H and O–H groups in total. The molecule has 0 bridgehead atoms. The molecule has 84 valence electrons. The third-order valence-corrected chi connectivity index (χ3v) is 1.82. The van der Waals surface area contributed by atoms with Gasteiger partial charge in [-0.15, -0.1) is 0 Å². The molecule has 7 nitrogen and oxygen atoms in total. The predicted octanol–water partition coefficient (Wildman–Crippen LogP) is 0.467. The Kier molecular flexibility index (Phi) is 3.06. The highest BCUT2D eigenvalue weighted by Gasteiger charge is 2.04. The molecule has 2 rings (SSSR count). The Morgan fingerprint density at radius 2 is 2.25 bits per heavy atom. The number of aromatic amines is 1. The van der Waals surface area contributed by atoms with Gasteiger partial charge in [-0.1, -0.05) is 6.92 Å². The minimum Gasteiger partial charge on any atom is -0.289 e. The largest absolute Gasteiger partial charge is 0.289 e. The van der Waals surface area contributed by atoms with Gasteiger partial charge in [-0.05, 0) is 6.42 Å². The first-order chi connectivity index (χ1) is 7.81. The number of hydrogen-bond acceptors (Lipinski definition) is 6. The van der Waals surface area contributed by atoms with Crippen LogP contribution in [0.5, 0.6) is 0 Å². The summed E-state index contributed by atoms with van der Waals surface area (Å²) in [5.41, 5.74) is 2.70. The number of anilines is 1. The van der Waals surface area contributed by atoms with E-state index in [1.54, 1.807) is 0 Å². The first kappa shape index (κ1) is 10.5. The Hall–Kier alpha value is -2.02. The van der Waals surface area contributed by atoms with Gasteiger partial charge in [0.25, 0.3) is 5.56 Å². The summed E-state index contributed by atoms with van der Waals surface area (Å²) < 4.78 is 0. The van der Waals surface area contributed by atoms with Gasteiger partial charge >= 0.3 is 0 Å². The fraction of sp³-hybridized carbons (Fsp3) is 0.333. The molecule has 0 aliphatic rings. The molecule has 16 heavy (non-hydrogen) atoms. The average molecular weight is 221 g/mol. The molecule has 2 aromatic heterocycles. The summed E-state index contributed by atoms with van der Waals surface area (Å²) >= 11 is 0. The maximum absolute atomic E-state index is 11.5. The highest BCUT2D eigenvalue weighted by atomic mass is 16.6. The summed E-state index contributed by atoms with van der Waals surface area (Å²) in [6, 6.07) is 0. The van der Waals surface area contributed by atoms with Gasteiger partial charge in [-0.2, -0.15) is 4.98 Å². The van der Waals surface area contributed by atoms with Crippen molar-refractivity contribution >= 4 is 17.1 Å². The molecule has 0 unspecified atom stereocenters. The number of fused-ring (bicyclic) bond motifs is 1. The summed E-state index contributed by atoms with van der Waals surface area (Å²) in [6.45, 7) is 2.51. The number of nitrogens with zero attached hydrogens (tertiary/aromatic N) is 3. The molecule has 0 amide bonds. The van der Waals surface area contributed by atoms with Crippen molar-refractivity contribution in [1.29, 1.82) is 0 Å². The highest BCUT2D eigenvalue weighted by molar-refractivity contribution is 5.68. The van der Waals surface area contributed by atoms with E-state index >= 15 is 0 Å². The lowest BCUT2D eigenvalue weighted by Crippen LogP contribution is -2.15. The molecule has 2 heterocycles. The van der Waals surface area contributed by atoms with E-state index in [-0.39, 0.29) is 22.7 Å². The molecule has 0 aliphatic heterocycles. The minimum absolute atomic E-state index is 0.212. The minimum atomic E-state index is -0.347. The zero-order chi connectivity index (χ0) is 11.4. The van der Waals surface area contributed by atoms with E-state index in [2.05, 4.69) is 25.4 Å². The van der Waals surface area contributed by atoms with Crippen molar-refractivity contribution < 1.29 is 4.84 Å². The summed E-state index contributed by atoms with van der Waals surface area (Å²) in [7, 11) is 0. The predicted molar refractivity (Wildman–Crippen MR) is 57.8 cm³/mol. The standard InChI is InChI=1S/C9H11N5O2/c1-2-5-16-14-9-12-7-6(8(15)13-9)10-3-4-11-7/h3-4H,2,5H2,1H3,(H2,11,12,13,14,15). The molecule has 0 spiro atoms. The Morgan fingerprint density at radius 1 is 1.44 bits per heavy atom. The summed E-state index contributed by atoms with van der Waals surface area (Å²) in [4.78, 5) is 30.9. The van der Waals surface area contributed by atoms with Gasteiger partial charge in [-0.3, -0.25) is 14.6 Å². The van der Waals surface area contributed by atoms with Crippen LogP contribution in [0.15, 0.2) is 17.2 Å². The van der Waals surface area contributed by atoms with Gasteiger partial charge in [0.05, 0.1) is 6.61 Å². The molecular weight excluding hydrogens is 210 g/mol. The van der Waals surface area contributed by atoms with Crippen molar-refractivity contribution in [2.45, 2.75) is 13.3 Å². The Bertz CT molecular complexity index is 539. The number of aromatic nitrogens is 4. The normalized spacial score (nSPS) is 10.6. The molecule has 0 radical (unpaired) electrons. The Balaban J connectivity index is 2.31. The van der Waals surface area contributed by atoms with E-state index in [0.29, 0.717) is 6.61 Å². The van der Waals surface area contributed by atoms with Crippen LogP contribution in [-0.2, 0) is 4.84 Å². The van der Waals surface area contributed by atoms with Crippen molar-refractivity contribution in [3.8, 4) is 0 Å². The first-order valence-electron chi connectivity index (χ1n) is 4.90. The molecule has 0 saturated heterocycles. The van der Waals surface area contributed by atoms with E-state index in [9.17, 15) is 4.79 Å². The van der Waals surface area contributed by atoms with Gasteiger partial charge in [0, 0.05) is 12.4 Å². The van der Waals surface area contributed by atoms with E-state index in [4.69, 9.17) is 4.84 Å². The van der Waals surface area contributed by atoms with Crippen molar-refractivity contribution in [1.82, 2.24) is 19.9 Å². The fourth-order valence-electron chi connectivity index (χ4n) is 1.14. The van der Waals surface area contributed by atoms with Crippen molar-refractivity contribution in [3.05, 3.63) is 22.7 Å². The van der Waals surface area contributed by atoms with Gasteiger partial charge in [0.1, 0.15) is 0 Å². The van der Waals surface area contributed by atoms with Crippen LogP contribution in [0.1, 0.15) is 13.3 Å². The van der Waals surface area contributed by atoms with Crippen LogP contribution in [0.25, 0.3) is 11.2 Å². The lowest BCUT2D eigenvalue weighted by molar-refractivity contribution is 0.191. The maximum atomic E-state index is 11.5. The number of rotatable bonds is 4. The van der Waals surface area contributed by atoms with E-state index in [1.807, 2.05) is 6.92 Å². The van der Waals surface area contributed by atoms with Crippen molar-refractivity contribution in [2.24, 2.45) is 0 Å². The monoisotopic (exact) mass is 221 g/mol. The van der Waals surface area contributed by atoms with Crippen molar-refractivity contribution in [2.75, 3.05) is 12.1 Å². The molecule has 2 aromatic rings. The second-order valence-corrected chi connectivity index (χ2v) is 3.09. The smallest absolute Gasteiger partial charge is 0.280 e. The zero-order valence-electron chi connectivity index (χ0n) is 8.73. The molecule has 0 aliphatic carbocycles. The van der Waals surface area contributed by atoms with Gasteiger partial charge in [0.2, 0.25) is 5.95 Å². The highest BCUT2D eigenvalue weighted by Crippen LogP contribution is 2.01. The molecule has 0 atom stereocenters. The van der Waals surface area contributed by atoms with Crippen LogP contribution in [-0.4, -0.2) is 26.5 Å². The van der Waals surface area contributed by atoms with Crippen LogP contribution >= 0.6 is 0 Å². The molecule has 7 heteroatoms. The average Bonchev–Trinajstić information content (AvgIpc) is 2.30. The number of nitrogens with one attached hydrogen (secondary N) is 2. The molecule has 0 saturated carbocycles. The third-order valence-electron chi connectivity index (χ3n) is 1.82. The maximum Gasteiger partial charge on any atom is 0.280 e. The van der Waals surface area contributed by atoms with E-state index < -0.39 is 0 Å². The van der Waals surface area contributed by atoms with Gasteiger partial charge in [-0.25, -0.2) is 15.4 Å². The van der Waals surface area contributed by atoms with Crippen molar-refractivity contribution in [3.63, 3.8) is 0 Å². The Morgan fingerprint density at radius 3 is 3.06 bits per heavy atom. The van der Waals surface area contributed by atoms with Crippen LogP contribution < -0.4 is 11.0 Å². The van der Waals surface area contributed by atoms with Gasteiger partial charge < -0.3 is 0 Å². The summed E-state index contributed by atoms with van der Waals surface area (Å²) in [6.07, 6.45) is 3.79. The van der Waals surface area contributed by atoms with Crippen LogP contribution in [0.2, 0.25) is 0 Å². The third kappa shape index (κ3) is 2.14. The van der Waals surface area contributed by atoms with Crippen LogP contribution in [0, 0.1) is 0 Å².